The van der Waals surface area contributed by atoms with Crippen LogP contribution in [-0.4, -0.2) is 24.0 Å². The second-order valence-corrected chi connectivity index (χ2v) is 3.72. The molecule has 0 aliphatic rings. The van der Waals surface area contributed by atoms with Crippen LogP contribution >= 0.6 is 0 Å². The zero-order valence-corrected chi connectivity index (χ0v) is 10.3. The molecule has 4 nitrogen and oxygen atoms in total. The average molecular weight is 228 g/mol. The van der Waals surface area contributed by atoms with Crippen molar-refractivity contribution in [3.05, 3.63) is 24.0 Å². The monoisotopic (exact) mass is 228 g/mol. The first kappa shape index (κ1) is 11.7. The maximum Gasteiger partial charge on any atom is 0.241 e. The van der Waals surface area contributed by atoms with E-state index in [1.807, 2.05) is 40.2 Å². The minimum atomic E-state index is 0.658. The van der Waals surface area contributed by atoms with E-state index in [1.54, 1.807) is 6.33 Å². The first-order valence-corrected chi connectivity index (χ1v) is 5.68. The van der Waals surface area contributed by atoms with Gasteiger partial charge in [0.1, 0.15) is 17.9 Å². The smallest absolute Gasteiger partial charge is 0.241 e. The Kier molecular flexibility index (Phi) is 3.47. The van der Waals surface area contributed by atoms with E-state index in [-0.39, 0.29) is 0 Å². The van der Waals surface area contributed by atoms with Crippen molar-refractivity contribution in [1.29, 1.82) is 0 Å². The Morgan fingerprint density at radius 1 is 1.35 bits per heavy atom. The summed E-state index contributed by atoms with van der Waals surface area (Å²) in [5.41, 5.74) is 1.98. The van der Waals surface area contributed by atoms with E-state index in [0.717, 1.165) is 28.0 Å². The Balaban J connectivity index is 2.56. The van der Waals surface area contributed by atoms with E-state index in [2.05, 4.69) is 15.2 Å². The normalized spacial score (nSPS) is 10.3. The van der Waals surface area contributed by atoms with Crippen molar-refractivity contribution < 1.29 is 4.74 Å². The van der Waals surface area contributed by atoms with Gasteiger partial charge in [0.15, 0.2) is 0 Å². The van der Waals surface area contributed by atoms with Crippen molar-refractivity contribution in [2.24, 2.45) is 0 Å². The number of ether oxygens (including phenoxy) is 1. The van der Waals surface area contributed by atoms with E-state index in [0.29, 0.717) is 6.61 Å². The van der Waals surface area contributed by atoms with Crippen molar-refractivity contribution in [3.8, 4) is 5.75 Å². The van der Waals surface area contributed by atoms with Crippen LogP contribution in [-0.2, 0) is 0 Å². The van der Waals surface area contributed by atoms with Crippen LogP contribution in [0, 0.1) is 6.92 Å². The van der Waals surface area contributed by atoms with E-state index in [1.165, 1.54) is 0 Å². The lowest BCUT2D eigenvalue weighted by molar-refractivity contribution is 0.338. The molecule has 1 heterocycles. The molecular formula is C12H15BN3O. The van der Waals surface area contributed by atoms with Gasteiger partial charge in [0.05, 0.1) is 12.1 Å². The van der Waals surface area contributed by atoms with Crippen LogP contribution in [0.15, 0.2) is 18.5 Å². The number of aromatic nitrogens is 2. The first-order chi connectivity index (χ1) is 8.26. The molecule has 87 valence electrons. The van der Waals surface area contributed by atoms with E-state index in [9.17, 15) is 0 Å². The molecule has 2 rings (SSSR count). The van der Waals surface area contributed by atoms with Gasteiger partial charge in [-0.1, -0.05) is 6.82 Å². The molecule has 1 aromatic heterocycles. The molecule has 0 aliphatic heterocycles. The van der Waals surface area contributed by atoms with E-state index < -0.39 is 0 Å². The molecule has 0 unspecified atom stereocenters. The first-order valence-electron chi connectivity index (χ1n) is 5.68. The van der Waals surface area contributed by atoms with Gasteiger partial charge >= 0.3 is 0 Å². The summed E-state index contributed by atoms with van der Waals surface area (Å²) in [6, 6.07) is 4.00. The Morgan fingerprint density at radius 2 is 2.18 bits per heavy atom. The second-order valence-electron chi connectivity index (χ2n) is 3.72. The van der Waals surface area contributed by atoms with Gasteiger partial charge in [-0.3, -0.25) is 0 Å². The molecule has 2 aromatic rings. The van der Waals surface area contributed by atoms with Crippen molar-refractivity contribution in [3.63, 3.8) is 0 Å². The topological polar surface area (TPSA) is 47.0 Å². The minimum Gasteiger partial charge on any atom is -0.494 e. The number of fused-ring (bicyclic) bond motifs is 1. The summed E-state index contributed by atoms with van der Waals surface area (Å²) in [6.45, 7) is 6.58. The molecule has 1 N–H and O–H groups in total. The highest BCUT2D eigenvalue weighted by atomic mass is 16.5. The predicted octanol–water partition coefficient (Wildman–Crippen LogP) is 2.42. The minimum absolute atomic E-state index is 0.658. The van der Waals surface area contributed by atoms with Crippen LogP contribution < -0.4 is 9.96 Å². The number of hydrogen-bond donors (Lipinski definition) is 1. The van der Waals surface area contributed by atoms with Gasteiger partial charge in [0.2, 0.25) is 7.41 Å². The van der Waals surface area contributed by atoms with Gasteiger partial charge in [-0.15, -0.1) is 0 Å². The fourth-order valence-corrected chi connectivity index (χ4v) is 1.75. The maximum atomic E-state index is 5.56. The Hall–Kier alpha value is -1.78. The van der Waals surface area contributed by atoms with Crippen molar-refractivity contribution in [2.45, 2.75) is 20.7 Å². The predicted molar refractivity (Wildman–Crippen MR) is 70.7 cm³/mol. The summed E-state index contributed by atoms with van der Waals surface area (Å²) < 4.78 is 5.56. The lowest BCUT2D eigenvalue weighted by Gasteiger charge is -2.10. The summed E-state index contributed by atoms with van der Waals surface area (Å²) in [4.78, 5) is 8.48. The van der Waals surface area contributed by atoms with Gasteiger partial charge in [0.25, 0.3) is 0 Å². The highest BCUT2D eigenvalue weighted by Crippen LogP contribution is 2.27. The van der Waals surface area contributed by atoms with E-state index in [4.69, 9.17) is 4.74 Å². The molecule has 0 atom stereocenters. The molecule has 0 saturated heterocycles. The fraction of sp³-hybridized carbons (Fsp3) is 0.333. The molecule has 1 radical (unpaired) electrons. The zero-order valence-electron chi connectivity index (χ0n) is 10.3. The molecule has 1 aromatic carbocycles. The largest absolute Gasteiger partial charge is 0.494 e. The quantitative estimate of drug-likeness (QED) is 0.816. The summed E-state index contributed by atoms with van der Waals surface area (Å²) in [7, 11) is 1.85. The standard InChI is InChI=1S/C12H15BN3O/c1-4-17-11-6-10-9(5-8(11)2)12(16-13-3)15-7-14-10/h5-7H,4H2,1-3H3,(H,14,15,16). The molecule has 0 bridgehead atoms. The zero-order chi connectivity index (χ0) is 12.3. The molecular weight excluding hydrogens is 213 g/mol. The van der Waals surface area contributed by atoms with Gasteiger partial charge in [-0.2, -0.15) is 0 Å². The summed E-state index contributed by atoms with van der Waals surface area (Å²) in [5, 5.41) is 4.12. The average Bonchev–Trinajstić information content (AvgIpc) is 2.32. The lowest BCUT2D eigenvalue weighted by atomic mass is 10.00. The van der Waals surface area contributed by atoms with Crippen molar-refractivity contribution in [1.82, 2.24) is 9.97 Å². The van der Waals surface area contributed by atoms with Crippen LogP contribution in [0.1, 0.15) is 12.5 Å². The lowest BCUT2D eigenvalue weighted by Crippen LogP contribution is -2.04. The number of nitrogens with one attached hydrogen (secondary N) is 1. The van der Waals surface area contributed by atoms with Crippen LogP contribution in [0.25, 0.3) is 10.9 Å². The number of nitrogens with zero attached hydrogens (tertiary/aromatic N) is 2. The van der Waals surface area contributed by atoms with Gasteiger partial charge < -0.3 is 9.96 Å². The SMILES string of the molecule is C[B]Nc1ncnc2cc(OCC)c(C)cc12. The number of aryl methyl sites for hydroxylation is 1. The number of anilines is 1. The number of rotatable bonds is 4. The summed E-state index contributed by atoms with van der Waals surface area (Å²) in [6.07, 6.45) is 1.55. The third-order valence-electron chi connectivity index (χ3n) is 2.51. The molecule has 0 amide bonds. The fourth-order valence-electron chi connectivity index (χ4n) is 1.75. The van der Waals surface area contributed by atoms with Crippen molar-refractivity contribution >= 4 is 24.1 Å². The number of hydrogen-bond acceptors (Lipinski definition) is 4. The molecule has 0 saturated carbocycles. The third kappa shape index (κ3) is 2.33. The van der Waals surface area contributed by atoms with Crippen LogP contribution in [0.3, 0.4) is 0 Å². The van der Waals surface area contributed by atoms with Crippen LogP contribution in [0.2, 0.25) is 6.82 Å². The number of benzene rings is 1. The Labute approximate surface area is 102 Å². The highest BCUT2D eigenvalue weighted by molar-refractivity contribution is 6.39. The van der Waals surface area contributed by atoms with Crippen LogP contribution in [0.5, 0.6) is 5.75 Å². The van der Waals surface area contributed by atoms with E-state index >= 15 is 0 Å². The highest BCUT2D eigenvalue weighted by Gasteiger charge is 2.07. The Morgan fingerprint density at radius 3 is 2.88 bits per heavy atom. The van der Waals surface area contributed by atoms with Gasteiger partial charge in [0, 0.05) is 11.5 Å². The second kappa shape index (κ2) is 5.04. The molecule has 17 heavy (non-hydrogen) atoms. The molecule has 0 aliphatic carbocycles. The molecule has 0 spiro atoms. The third-order valence-corrected chi connectivity index (χ3v) is 2.51. The molecule has 0 fully saturated rings. The Bertz CT molecular complexity index is 530. The van der Waals surface area contributed by atoms with Gasteiger partial charge in [-0.05, 0) is 25.5 Å². The maximum absolute atomic E-state index is 5.56. The summed E-state index contributed by atoms with van der Waals surface area (Å²) >= 11 is 0. The van der Waals surface area contributed by atoms with Gasteiger partial charge in [-0.25, -0.2) is 9.97 Å². The van der Waals surface area contributed by atoms with Crippen LogP contribution in [0.4, 0.5) is 5.82 Å². The molecule has 5 heteroatoms. The van der Waals surface area contributed by atoms with Crippen molar-refractivity contribution in [2.75, 3.05) is 11.8 Å². The summed E-state index contributed by atoms with van der Waals surface area (Å²) in [5.74, 6) is 1.70.